The number of pyridine rings is 1. The molecule has 5 heteroatoms. The normalized spacial score (nSPS) is 20.5. The number of likely N-dealkylation sites (N-methyl/N-ethyl adjacent to an activating group) is 1. The van der Waals surface area contributed by atoms with E-state index in [1.165, 1.54) is 0 Å². The predicted octanol–water partition coefficient (Wildman–Crippen LogP) is 2.63. The molecule has 110 valence electrons. The third kappa shape index (κ3) is 3.30. The summed E-state index contributed by atoms with van der Waals surface area (Å²) in [6.45, 7) is 8.75. The number of carbonyl (C=O) groups excluding carboxylic acids is 1. The van der Waals surface area contributed by atoms with Crippen molar-refractivity contribution in [2.45, 2.75) is 32.7 Å². The maximum Gasteiger partial charge on any atom is 0.254 e. The van der Waals surface area contributed by atoms with E-state index in [0.29, 0.717) is 10.7 Å². The minimum absolute atomic E-state index is 0.0526. The van der Waals surface area contributed by atoms with Gasteiger partial charge in [0.2, 0.25) is 0 Å². The number of rotatable bonds is 2. The number of piperazine rings is 1. The predicted molar refractivity (Wildman–Crippen MR) is 81.3 cm³/mol. The van der Waals surface area contributed by atoms with E-state index in [1.807, 2.05) is 24.8 Å². The van der Waals surface area contributed by atoms with Gasteiger partial charge >= 0.3 is 0 Å². The summed E-state index contributed by atoms with van der Waals surface area (Å²) >= 11 is 6.05. The van der Waals surface area contributed by atoms with E-state index in [9.17, 15) is 4.79 Å². The lowest BCUT2D eigenvalue weighted by Crippen LogP contribution is -2.52. The largest absolute Gasteiger partial charge is 0.333 e. The van der Waals surface area contributed by atoms with Crippen LogP contribution in [0.4, 0.5) is 0 Å². The fourth-order valence-corrected chi connectivity index (χ4v) is 2.76. The molecule has 1 amide bonds. The molecule has 0 radical (unpaired) electrons. The van der Waals surface area contributed by atoms with E-state index in [-0.39, 0.29) is 17.9 Å². The first-order chi connectivity index (χ1) is 9.38. The van der Waals surface area contributed by atoms with E-state index in [0.717, 1.165) is 25.3 Å². The highest BCUT2D eigenvalue weighted by molar-refractivity contribution is 6.29. The molecule has 1 saturated heterocycles. The van der Waals surface area contributed by atoms with E-state index < -0.39 is 0 Å². The van der Waals surface area contributed by atoms with Gasteiger partial charge in [0.15, 0.2) is 0 Å². The number of halogens is 1. The van der Waals surface area contributed by atoms with Crippen LogP contribution in [-0.2, 0) is 0 Å². The molecule has 2 rings (SSSR count). The molecule has 0 spiro atoms. The molecule has 0 bridgehead atoms. The fourth-order valence-electron chi connectivity index (χ4n) is 2.54. The van der Waals surface area contributed by atoms with Gasteiger partial charge < -0.3 is 9.80 Å². The molecular weight excluding hydrogens is 274 g/mol. The fraction of sp³-hybridized carbons (Fsp3) is 0.600. The van der Waals surface area contributed by atoms with Crippen LogP contribution in [0.15, 0.2) is 12.1 Å². The number of hydrogen-bond donors (Lipinski definition) is 0. The molecule has 1 aliphatic rings. The highest BCUT2D eigenvalue weighted by atomic mass is 35.5. The number of nitrogens with zero attached hydrogens (tertiary/aromatic N) is 3. The molecule has 4 nitrogen and oxygen atoms in total. The van der Waals surface area contributed by atoms with Crippen molar-refractivity contribution in [1.82, 2.24) is 14.8 Å². The summed E-state index contributed by atoms with van der Waals surface area (Å²) in [5, 5.41) is 0.390. The Hall–Kier alpha value is -1.13. The smallest absolute Gasteiger partial charge is 0.254 e. The summed E-state index contributed by atoms with van der Waals surface area (Å²) in [7, 11) is 2.08. The van der Waals surface area contributed by atoms with Gasteiger partial charge in [-0.3, -0.25) is 4.79 Å². The monoisotopic (exact) mass is 295 g/mol. The van der Waals surface area contributed by atoms with Gasteiger partial charge in [-0.1, -0.05) is 25.4 Å². The van der Waals surface area contributed by atoms with Crippen molar-refractivity contribution in [3.05, 3.63) is 28.5 Å². The van der Waals surface area contributed by atoms with Crippen LogP contribution in [-0.4, -0.2) is 53.4 Å². The Labute approximate surface area is 125 Å². The van der Waals surface area contributed by atoms with Gasteiger partial charge in [-0.05, 0) is 32.0 Å². The lowest BCUT2D eigenvalue weighted by Gasteiger charge is -2.38. The highest BCUT2D eigenvalue weighted by Crippen LogP contribution is 2.20. The lowest BCUT2D eigenvalue weighted by molar-refractivity contribution is 0.0533. The Kier molecular flexibility index (Phi) is 4.66. The van der Waals surface area contributed by atoms with Crippen molar-refractivity contribution < 1.29 is 4.79 Å². The molecule has 0 saturated carbocycles. The third-order valence-corrected chi connectivity index (χ3v) is 3.94. The van der Waals surface area contributed by atoms with Crippen LogP contribution in [0, 0.1) is 0 Å². The SMILES string of the molecule is CC(C)c1cc(C(=O)N2CCN(C)CC2C)cc(Cl)n1. The Bertz CT molecular complexity index is 504. The van der Waals surface area contributed by atoms with Crippen LogP contribution in [0.5, 0.6) is 0 Å². The van der Waals surface area contributed by atoms with E-state index in [1.54, 1.807) is 6.07 Å². The van der Waals surface area contributed by atoms with Crippen molar-refractivity contribution >= 4 is 17.5 Å². The first-order valence-electron chi connectivity index (χ1n) is 7.05. The maximum absolute atomic E-state index is 12.7. The molecule has 1 aliphatic heterocycles. The zero-order chi connectivity index (χ0) is 14.9. The molecular formula is C15H22ClN3O. The second kappa shape index (κ2) is 6.10. The summed E-state index contributed by atoms with van der Waals surface area (Å²) in [5.74, 6) is 0.307. The van der Waals surface area contributed by atoms with Crippen LogP contribution < -0.4 is 0 Å². The Balaban J connectivity index is 2.24. The molecule has 1 aromatic heterocycles. The van der Waals surface area contributed by atoms with Gasteiger partial charge in [-0.25, -0.2) is 4.98 Å². The minimum atomic E-state index is 0.0526. The van der Waals surface area contributed by atoms with Crippen LogP contribution in [0.3, 0.4) is 0 Å². The molecule has 1 fully saturated rings. The molecule has 2 heterocycles. The van der Waals surface area contributed by atoms with Crippen LogP contribution >= 0.6 is 11.6 Å². The van der Waals surface area contributed by atoms with Crippen LogP contribution in [0.2, 0.25) is 5.15 Å². The minimum Gasteiger partial charge on any atom is -0.333 e. The van der Waals surface area contributed by atoms with E-state index >= 15 is 0 Å². The molecule has 20 heavy (non-hydrogen) atoms. The lowest BCUT2D eigenvalue weighted by atomic mass is 10.1. The second-order valence-corrected chi connectivity index (χ2v) is 6.26. The van der Waals surface area contributed by atoms with Crippen molar-refractivity contribution in [1.29, 1.82) is 0 Å². The quantitative estimate of drug-likeness (QED) is 0.787. The van der Waals surface area contributed by atoms with E-state index in [4.69, 9.17) is 11.6 Å². The Morgan fingerprint density at radius 2 is 2.10 bits per heavy atom. The molecule has 0 aliphatic carbocycles. The Morgan fingerprint density at radius 3 is 2.70 bits per heavy atom. The number of hydrogen-bond acceptors (Lipinski definition) is 3. The number of amides is 1. The third-order valence-electron chi connectivity index (χ3n) is 3.74. The second-order valence-electron chi connectivity index (χ2n) is 5.87. The summed E-state index contributed by atoms with van der Waals surface area (Å²) in [4.78, 5) is 21.1. The summed E-state index contributed by atoms with van der Waals surface area (Å²) < 4.78 is 0. The molecule has 1 atom stereocenters. The first kappa shape index (κ1) is 15.3. The maximum atomic E-state index is 12.7. The highest BCUT2D eigenvalue weighted by Gasteiger charge is 2.27. The molecule has 1 aromatic rings. The number of carbonyl (C=O) groups is 1. The topological polar surface area (TPSA) is 36.4 Å². The standard InChI is InChI=1S/C15H22ClN3O/c1-10(2)13-7-12(8-14(16)17-13)15(20)19-6-5-18(4)9-11(19)3/h7-8,10-11H,5-6,9H2,1-4H3. The van der Waals surface area contributed by atoms with Gasteiger partial charge in [-0.15, -0.1) is 0 Å². The zero-order valence-corrected chi connectivity index (χ0v) is 13.3. The zero-order valence-electron chi connectivity index (χ0n) is 12.6. The summed E-state index contributed by atoms with van der Waals surface area (Å²) in [6, 6.07) is 3.75. The van der Waals surface area contributed by atoms with Gasteiger partial charge in [0, 0.05) is 36.9 Å². The van der Waals surface area contributed by atoms with Crippen molar-refractivity contribution in [3.8, 4) is 0 Å². The molecule has 1 unspecified atom stereocenters. The van der Waals surface area contributed by atoms with Gasteiger partial charge in [-0.2, -0.15) is 0 Å². The molecule has 0 N–H and O–H groups in total. The molecule has 0 aromatic carbocycles. The summed E-state index contributed by atoms with van der Waals surface area (Å²) in [5.41, 5.74) is 1.51. The average molecular weight is 296 g/mol. The van der Waals surface area contributed by atoms with Crippen LogP contribution in [0.1, 0.15) is 42.7 Å². The van der Waals surface area contributed by atoms with Crippen LogP contribution in [0.25, 0.3) is 0 Å². The number of aromatic nitrogens is 1. The summed E-state index contributed by atoms with van der Waals surface area (Å²) in [6.07, 6.45) is 0. The van der Waals surface area contributed by atoms with Crippen molar-refractivity contribution in [2.24, 2.45) is 0 Å². The average Bonchev–Trinajstić information content (AvgIpc) is 2.37. The Morgan fingerprint density at radius 1 is 1.40 bits per heavy atom. The van der Waals surface area contributed by atoms with Gasteiger partial charge in [0.05, 0.1) is 0 Å². The van der Waals surface area contributed by atoms with E-state index in [2.05, 4.69) is 23.9 Å². The van der Waals surface area contributed by atoms with Gasteiger partial charge in [0.25, 0.3) is 5.91 Å². The van der Waals surface area contributed by atoms with Gasteiger partial charge in [0.1, 0.15) is 5.15 Å². The van der Waals surface area contributed by atoms with Crippen molar-refractivity contribution in [2.75, 3.05) is 26.7 Å². The van der Waals surface area contributed by atoms with Crippen molar-refractivity contribution in [3.63, 3.8) is 0 Å². The first-order valence-corrected chi connectivity index (χ1v) is 7.43.